The van der Waals surface area contributed by atoms with Crippen LogP contribution < -0.4 is 10.6 Å². The molecular weight excluding hydrogens is 356 g/mol. The Kier molecular flexibility index (Phi) is 6.76. The standard InChI is InChI=1S/C18H22N4O3.ClH/c1-3-14-10-15(21-25-14)18(24)22-8-7-20-11-16(22)12-5-4-6-13(9-12)17(23)19-2;/h4-6,9-10,16,20H,3,7-8,11H2,1-2H3,(H,19,23);1H. The molecule has 1 unspecified atom stereocenters. The molecule has 0 saturated carbocycles. The van der Waals surface area contributed by atoms with E-state index in [-0.39, 0.29) is 30.3 Å². The first-order chi connectivity index (χ1) is 12.1. The van der Waals surface area contributed by atoms with Crippen LogP contribution in [0.1, 0.15) is 45.1 Å². The SMILES string of the molecule is CCc1cc(C(=O)N2CCNCC2c2cccc(C(=O)NC)c2)no1.Cl. The van der Waals surface area contributed by atoms with E-state index in [1.54, 1.807) is 24.1 Å². The molecule has 1 aromatic heterocycles. The van der Waals surface area contributed by atoms with Crippen LogP contribution in [-0.4, -0.2) is 48.6 Å². The lowest BCUT2D eigenvalue weighted by Gasteiger charge is -2.36. The number of carbonyl (C=O) groups is 2. The molecule has 0 spiro atoms. The molecule has 1 aliphatic heterocycles. The van der Waals surface area contributed by atoms with E-state index in [1.165, 1.54) is 0 Å². The molecule has 26 heavy (non-hydrogen) atoms. The van der Waals surface area contributed by atoms with Gasteiger partial charge in [-0.1, -0.05) is 24.2 Å². The molecule has 1 fully saturated rings. The number of hydrogen-bond donors (Lipinski definition) is 2. The number of aryl methyl sites for hydroxylation is 1. The summed E-state index contributed by atoms with van der Waals surface area (Å²) in [5, 5.41) is 9.83. The molecule has 1 saturated heterocycles. The van der Waals surface area contributed by atoms with Crippen molar-refractivity contribution in [3.8, 4) is 0 Å². The molecule has 0 bridgehead atoms. The third-order valence-corrected chi connectivity index (χ3v) is 4.39. The van der Waals surface area contributed by atoms with Gasteiger partial charge >= 0.3 is 0 Å². The summed E-state index contributed by atoms with van der Waals surface area (Å²) in [6, 6.07) is 8.90. The lowest BCUT2D eigenvalue weighted by Crippen LogP contribution is -2.48. The Morgan fingerprint density at radius 2 is 2.19 bits per heavy atom. The molecule has 8 heteroatoms. The van der Waals surface area contributed by atoms with Gasteiger partial charge in [0.05, 0.1) is 6.04 Å². The number of carbonyl (C=O) groups excluding carboxylic acids is 2. The maximum absolute atomic E-state index is 12.9. The smallest absolute Gasteiger partial charge is 0.276 e. The Balaban J connectivity index is 0.00000243. The van der Waals surface area contributed by atoms with E-state index in [4.69, 9.17) is 4.52 Å². The van der Waals surface area contributed by atoms with Gasteiger partial charge in [-0.05, 0) is 17.7 Å². The van der Waals surface area contributed by atoms with Crippen molar-refractivity contribution >= 4 is 24.2 Å². The topological polar surface area (TPSA) is 87.5 Å². The predicted molar refractivity (Wildman–Crippen MR) is 99.6 cm³/mol. The number of benzene rings is 1. The van der Waals surface area contributed by atoms with Crippen molar-refractivity contribution < 1.29 is 14.1 Å². The molecule has 0 aliphatic carbocycles. The Labute approximate surface area is 158 Å². The van der Waals surface area contributed by atoms with Crippen molar-refractivity contribution in [3.05, 3.63) is 52.9 Å². The summed E-state index contributed by atoms with van der Waals surface area (Å²) in [4.78, 5) is 26.6. The van der Waals surface area contributed by atoms with Crippen molar-refractivity contribution in [2.75, 3.05) is 26.7 Å². The first-order valence-corrected chi connectivity index (χ1v) is 8.43. The molecule has 7 nitrogen and oxygen atoms in total. The third-order valence-electron chi connectivity index (χ3n) is 4.39. The number of rotatable bonds is 4. The molecule has 2 aromatic rings. The van der Waals surface area contributed by atoms with Crippen LogP contribution in [0.15, 0.2) is 34.9 Å². The van der Waals surface area contributed by atoms with Gasteiger partial charge in [0, 0.05) is 44.7 Å². The van der Waals surface area contributed by atoms with Crippen LogP contribution in [0.2, 0.25) is 0 Å². The third kappa shape index (κ3) is 4.05. The largest absolute Gasteiger partial charge is 0.361 e. The van der Waals surface area contributed by atoms with Gasteiger partial charge in [0.2, 0.25) is 0 Å². The Morgan fingerprint density at radius 1 is 1.38 bits per heavy atom. The van der Waals surface area contributed by atoms with Gasteiger partial charge in [-0.15, -0.1) is 12.4 Å². The van der Waals surface area contributed by atoms with Gasteiger partial charge in [-0.3, -0.25) is 9.59 Å². The maximum Gasteiger partial charge on any atom is 0.276 e. The first kappa shape index (κ1) is 19.9. The average Bonchev–Trinajstić information content (AvgIpc) is 3.16. The average molecular weight is 379 g/mol. The number of aromatic nitrogens is 1. The highest BCUT2D eigenvalue weighted by Gasteiger charge is 2.30. The number of nitrogens with one attached hydrogen (secondary N) is 2. The second-order valence-corrected chi connectivity index (χ2v) is 5.96. The minimum Gasteiger partial charge on any atom is -0.361 e. The molecule has 2 N–H and O–H groups in total. The van der Waals surface area contributed by atoms with Crippen LogP contribution in [0, 0.1) is 0 Å². The van der Waals surface area contributed by atoms with Gasteiger partial charge in [-0.2, -0.15) is 0 Å². The maximum atomic E-state index is 12.9. The Hall–Kier alpha value is -2.38. The fourth-order valence-electron chi connectivity index (χ4n) is 3.00. The molecule has 1 aromatic carbocycles. The van der Waals surface area contributed by atoms with Gasteiger partial charge in [0.15, 0.2) is 5.69 Å². The van der Waals surface area contributed by atoms with Crippen LogP contribution in [0.5, 0.6) is 0 Å². The van der Waals surface area contributed by atoms with Crippen LogP contribution in [0.25, 0.3) is 0 Å². The second kappa shape index (κ2) is 8.82. The summed E-state index contributed by atoms with van der Waals surface area (Å²) >= 11 is 0. The van der Waals surface area contributed by atoms with Crippen molar-refractivity contribution in [3.63, 3.8) is 0 Å². The summed E-state index contributed by atoms with van der Waals surface area (Å²) in [7, 11) is 1.60. The molecule has 140 valence electrons. The van der Waals surface area contributed by atoms with Crippen molar-refractivity contribution in [1.82, 2.24) is 20.7 Å². The zero-order valence-corrected chi connectivity index (χ0v) is 15.6. The van der Waals surface area contributed by atoms with E-state index in [9.17, 15) is 9.59 Å². The lowest BCUT2D eigenvalue weighted by atomic mass is 10.00. The summed E-state index contributed by atoms with van der Waals surface area (Å²) in [5.74, 6) is 0.393. The van der Waals surface area contributed by atoms with Crippen molar-refractivity contribution in [2.45, 2.75) is 19.4 Å². The van der Waals surface area contributed by atoms with Crippen LogP contribution >= 0.6 is 12.4 Å². The van der Waals surface area contributed by atoms with Crippen LogP contribution in [0.4, 0.5) is 0 Å². The summed E-state index contributed by atoms with van der Waals surface area (Å²) in [6.45, 7) is 3.87. The molecule has 1 aliphatic rings. The van der Waals surface area contributed by atoms with Gasteiger partial charge < -0.3 is 20.1 Å². The number of halogens is 1. The molecular formula is C18H23ClN4O3. The first-order valence-electron chi connectivity index (χ1n) is 8.43. The van der Waals surface area contributed by atoms with E-state index in [0.29, 0.717) is 36.5 Å². The van der Waals surface area contributed by atoms with Crippen LogP contribution in [0.3, 0.4) is 0 Å². The minimum absolute atomic E-state index is 0. The van der Waals surface area contributed by atoms with Crippen molar-refractivity contribution in [1.29, 1.82) is 0 Å². The zero-order valence-electron chi connectivity index (χ0n) is 14.8. The summed E-state index contributed by atoms with van der Waals surface area (Å²) in [6.07, 6.45) is 0.694. The molecule has 2 amide bonds. The predicted octanol–water partition coefficient (Wildman–Crippen LogP) is 1.81. The van der Waals surface area contributed by atoms with E-state index in [2.05, 4.69) is 15.8 Å². The van der Waals surface area contributed by atoms with Crippen LogP contribution in [-0.2, 0) is 6.42 Å². The van der Waals surface area contributed by atoms with E-state index >= 15 is 0 Å². The lowest BCUT2D eigenvalue weighted by molar-refractivity contribution is 0.0623. The highest BCUT2D eigenvalue weighted by molar-refractivity contribution is 5.94. The molecule has 3 rings (SSSR count). The quantitative estimate of drug-likeness (QED) is 0.847. The Morgan fingerprint density at radius 3 is 2.88 bits per heavy atom. The van der Waals surface area contributed by atoms with Gasteiger partial charge in [0.1, 0.15) is 5.76 Å². The Bertz CT molecular complexity index is 777. The molecule has 1 atom stereocenters. The number of amides is 2. The number of nitrogens with zero attached hydrogens (tertiary/aromatic N) is 2. The summed E-state index contributed by atoms with van der Waals surface area (Å²) < 4.78 is 5.17. The normalized spacial score (nSPS) is 16.7. The van der Waals surface area contributed by atoms with Gasteiger partial charge in [-0.25, -0.2) is 0 Å². The van der Waals surface area contributed by atoms with E-state index < -0.39 is 0 Å². The number of piperazine rings is 1. The highest BCUT2D eigenvalue weighted by Crippen LogP contribution is 2.25. The molecule has 0 radical (unpaired) electrons. The fraction of sp³-hybridized carbons (Fsp3) is 0.389. The number of hydrogen-bond acceptors (Lipinski definition) is 5. The summed E-state index contributed by atoms with van der Waals surface area (Å²) in [5.41, 5.74) is 1.82. The van der Waals surface area contributed by atoms with Gasteiger partial charge in [0.25, 0.3) is 11.8 Å². The monoisotopic (exact) mass is 378 g/mol. The van der Waals surface area contributed by atoms with E-state index in [0.717, 1.165) is 12.1 Å². The van der Waals surface area contributed by atoms with Crippen molar-refractivity contribution in [2.24, 2.45) is 0 Å². The fourth-order valence-corrected chi connectivity index (χ4v) is 3.00. The zero-order chi connectivity index (χ0) is 17.8. The molecule has 2 heterocycles. The minimum atomic E-state index is -0.160. The van der Waals surface area contributed by atoms with E-state index in [1.807, 2.05) is 25.1 Å². The highest BCUT2D eigenvalue weighted by atomic mass is 35.5. The second-order valence-electron chi connectivity index (χ2n) is 5.96.